The third-order valence-electron chi connectivity index (χ3n) is 1.92. The van der Waals surface area contributed by atoms with E-state index in [4.69, 9.17) is 14.6 Å². The van der Waals surface area contributed by atoms with Crippen molar-refractivity contribution in [2.45, 2.75) is 31.6 Å². The average molecular weight is 266 g/mol. The van der Waals surface area contributed by atoms with Crippen LogP contribution in [0.2, 0.25) is 0 Å². The highest BCUT2D eigenvalue weighted by Gasteiger charge is 2.13. The Labute approximate surface area is 106 Å². The van der Waals surface area contributed by atoms with Gasteiger partial charge in [0, 0.05) is 12.4 Å². The van der Waals surface area contributed by atoms with Crippen molar-refractivity contribution in [2.24, 2.45) is 0 Å². The molecular weight excluding hydrogens is 244 g/mol. The van der Waals surface area contributed by atoms with Gasteiger partial charge in [-0.15, -0.1) is 11.8 Å². The van der Waals surface area contributed by atoms with Crippen LogP contribution in [0.4, 0.5) is 0 Å². The molecule has 0 bridgehead atoms. The van der Waals surface area contributed by atoms with Gasteiger partial charge in [-0.3, -0.25) is 4.79 Å². The molecule has 2 unspecified atom stereocenters. The van der Waals surface area contributed by atoms with E-state index >= 15 is 0 Å². The molecule has 17 heavy (non-hydrogen) atoms. The van der Waals surface area contributed by atoms with Crippen LogP contribution in [0, 0.1) is 0 Å². The number of hydrogen-bond donors (Lipinski definition) is 2. The highest BCUT2D eigenvalue weighted by Crippen LogP contribution is 2.11. The van der Waals surface area contributed by atoms with E-state index in [9.17, 15) is 9.90 Å². The molecule has 0 heterocycles. The monoisotopic (exact) mass is 266 g/mol. The van der Waals surface area contributed by atoms with Gasteiger partial charge in [-0.1, -0.05) is 6.92 Å². The summed E-state index contributed by atoms with van der Waals surface area (Å²) < 4.78 is 10.4. The summed E-state index contributed by atoms with van der Waals surface area (Å²) in [6.07, 6.45) is 0.347. The average Bonchev–Trinajstić information content (AvgIpc) is 2.30. The molecule has 0 saturated carbocycles. The van der Waals surface area contributed by atoms with Crippen LogP contribution in [0.5, 0.6) is 0 Å². The molecule has 0 aliphatic heterocycles. The molecule has 0 aromatic rings. The predicted molar refractivity (Wildman–Crippen MR) is 67.5 cm³/mol. The minimum absolute atomic E-state index is 0.217. The molecule has 0 aliphatic carbocycles. The highest BCUT2D eigenvalue weighted by molar-refractivity contribution is 8.00. The van der Waals surface area contributed by atoms with Crippen molar-refractivity contribution in [1.82, 2.24) is 0 Å². The molecule has 5 nitrogen and oxygen atoms in total. The van der Waals surface area contributed by atoms with Gasteiger partial charge in [0.05, 0.1) is 31.2 Å². The van der Waals surface area contributed by atoms with Gasteiger partial charge in [0.2, 0.25) is 0 Å². The summed E-state index contributed by atoms with van der Waals surface area (Å²) in [6.45, 7) is 5.55. The topological polar surface area (TPSA) is 76.0 Å². The largest absolute Gasteiger partial charge is 0.480 e. The maximum absolute atomic E-state index is 10.5. The van der Waals surface area contributed by atoms with E-state index in [2.05, 4.69) is 0 Å². The Morgan fingerprint density at radius 3 is 2.53 bits per heavy atom. The van der Waals surface area contributed by atoms with E-state index < -0.39 is 17.3 Å². The van der Waals surface area contributed by atoms with E-state index in [0.717, 1.165) is 13.0 Å². The first-order chi connectivity index (χ1) is 8.07. The maximum atomic E-state index is 10.5. The van der Waals surface area contributed by atoms with Crippen LogP contribution in [0.1, 0.15) is 20.3 Å². The quantitative estimate of drug-likeness (QED) is 0.543. The summed E-state index contributed by atoms with van der Waals surface area (Å²) in [5, 5.41) is 17.6. The minimum atomic E-state index is -0.865. The lowest BCUT2D eigenvalue weighted by molar-refractivity contribution is -0.136. The number of carbonyl (C=O) groups is 1. The first-order valence-electron chi connectivity index (χ1n) is 5.75. The molecule has 0 aliphatic rings. The summed E-state index contributed by atoms with van der Waals surface area (Å²) in [5.74, 6) is -0.500. The standard InChI is InChI=1S/C11H22O5S/c1-3-4-15-5-6-16-7-10(12)8-17-9(2)11(13)14/h9-10,12H,3-8H2,1-2H3,(H,13,14). The second-order valence-corrected chi connectivity index (χ2v) is 5.03. The Morgan fingerprint density at radius 1 is 1.29 bits per heavy atom. The van der Waals surface area contributed by atoms with Crippen molar-refractivity contribution in [3.8, 4) is 0 Å². The molecule has 0 amide bonds. The molecular formula is C11H22O5S. The van der Waals surface area contributed by atoms with E-state index in [1.807, 2.05) is 6.92 Å². The smallest absolute Gasteiger partial charge is 0.316 e. The number of aliphatic hydroxyl groups excluding tert-OH is 1. The van der Waals surface area contributed by atoms with Crippen LogP contribution in [0.3, 0.4) is 0 Å². The molecule has 102 valence electrons. The van der Waals surface area contributed by atoms with Gasteiger partial charge in [-0.2, -0.15) is 0 Å². The lowest BCUT2D eigenvalue weighted by Gasteiger charge is -2.12. The fourth-order valence-electron chi connectivity index (χ4n) is 0.958. The first kappa shape index (κ1) is 16.7. The first-order valence-corrected chi connectivity index (χ1v) is 6.80. The molecule has 0 radical (unpaired) electrons. The zero-order valence-electron chi connectivity index (χ0n) is 10.4. The van der Waals surface area contributed by atoms with Crippen LogP contribution in [0.25, 0.3) is 0 Å². The third-order valence-corrected chi connectivity index (χ3v) is 3.20. The van der Waals surface area contributed by atoms with Crippen LogP contribution >= 0.6 is 11.8 Å². The molecule has 0 aromatic carbocycles. The summed E-state index contributed by atoms with van der Waals surface area (Å²) >= 11 is 1.20. The number of ether oxygens (including phenoxy) is 2. The highest BCUT2D eigenvalue weighted by atomic mass is 32.2. The summed E-state index contributed by atoms with van der Waals surface area (Å²) in [6, 6.07) is 0. The molecule has 2 atom stereocenters. The number of carboxylic acids is 1. The van der Waals surface area contributed by atoms with Crippen molar-refractivity contribution in [3.05, 3.63) is 0 Å². The van der Waals surface area contributed by atoms with Crippen molar-refractivity contribution in [3.63, 3.8) is 0 Å². The van der Waals surface area contributed by atoms with Gasteiger partial charge in [0.1, 0.15) is 0 Å². The van der Waals surface area contributed by atoms with Gasteiger partial charge in [0.25, 0.3) is 0 Å². The normalized spacial score (nSPS) is 14.5. The minimum Gasteiger partial charge on any atom is -0.480 e. The van der Waals surface area contributed by atoms with Gasteiger partial charge < -0.3 is 19.7 Å². The summed E-state index contributed by atoms with van der Waals surface area (Å²) in [7, 11) is 0. The number of rotatable bonds is 11. The Morgan fingerprint density at radius 2 is 1.94 bits per heavy atom. The number of aliphatic hydroxyl groups is 1. The fourth-order valence-corrected chi connectivity index (χ4v) is 1.71. The van der Waals surface area contributed by atoms with Crippen LogP contribution < -0.4 is 0 Å². The van der Waals surface area contributed by atoms with E-state index in [0.29, 0.717) is 19.0 Å². The van der Waals surface area contributed by atoms with Gasteiger partial charge >= 0.3 is 5.97 Å². The number of hydrogen-bond acceptors (Lipinski definition) is 5. The third kappa shape index (κ3) is 10.6. The molecule has 0 saturated heterocycles. The molecule has 0 aromatic heterocycles. The molecule has 0 fully saturated rings. The number of thioether (sulfide) groups is 1. The lowest BCUT2D eigenvalue weighted by Crippen LogP contribution is -2.22. The van der Waals surface area contributed by atoms with E-state index in [1.165, 1.54) is 11.8 Å². The van der Waals surface area contributed by atoms with Gasteiger partial charge in [-0.05, 0) is 13.3 Å². The van der Waals surface area contributed by atoms with Gasteiger partial charge in [-0.25, -0.2) is 0 Å². The lowest BCUT2D eigenvalue weighted by atomic mass is 10.4. The summed E-state index contributed by atoms with van der Waals surface area (Å²) in [4.78, 5) is 10.5. The summed E-state index contributed by atoms with van der Waals surface area (Å²) in [5.41, 5.74) is 0. The zero-order valence-corrected chi connectivity index (χ0v) is 11.2. The van der Waals surface area contributed by atoms with E-state index in [1.54, 1.807) is 6.92 Å². The Kier molecular flexibility index (Phi) is 10.6. The second-order valence-electron chi connectivity index (χ2n) is 3.65. The Balaban J connectivity index is 3.34. The Bertz CT molecular complexity index is 200. The molecule has 2 N–H and O–H groups in total. The maximum Gasteiger partial charge on any atom is 0.316 e. The molecule has 0 spiro atoms. The van der Waals surface area contributed by atoms with Crippen molar-refractivity contribution in [2.75, 3.05) is 32.2 Å². The Hall–Kier alpha value is -0.300. The van der Waals surface area contributed by atoms with Crippen LogP contribution in [0.15, 0.2) is 0 Å². The SMILES string of the molecule is CCCOCCOCC(O)CSC(C)C(=O)O. The fraction of sp³-hybridized carbons (Fsp3) is 0.909. The van der Waals surface area contributed by atoms with Crippen molar-refractivity contribution < 1.29 is 24.5 Å². The van der Waals surface area contributed by atoms with Crippen molar-refractivity contribution in [1.29, 1.82) is 0 Å². The van der Waals surface area contributed by atoms with E-state index in [-0.39, 0.29) is 6.61 Å². The van der Waals surface area contributed by atoms with Crippen LogP contribution in [-0.4, -0.2) is 59.7 Å². The second kappa shape index (κ2) is 10.8. The number of aliphatic carboxylic acids is 1. The zero-order chi connectivity index (χ0) is 13.1. The molecule has 0 rings (SSSR count). The number of carboxylic acid groups (broad SMARTS) is 1. The van der Waals surface area contributed by atoms with Gasteiger partial charge in [0.15, 0.2) is 0 Å². The predicted octanol–water partition coefficient (Wildman–Crippen LogP) is 0.997. The van der Waals surface area contributed by atoms with Crippen LogP contribution in [-0.2, 0) is 14.3 Å². The molecule has 6 heteroatoms. The van der Waals surface area contributed by atoms with Crippen molar-refractivity contribution >= 4 is 17.7 Å².